The lowest BCUT2D eigenvalue weighted by Crippen LogP contribution is -2.34. The molecule has 1 heterocycles. The Kier molecular flexibility index (Phi) is 8.25. The topological polar surface area (TPSA) is 49.9 Å². The van der Waals surface area contributed by atoms with Gasteiger partial charge >= 0.3 is 5.97 Å². The van der Waals surface area contributed by atoms with E-state index in [4.69, 9.17) is 17.0 Å². The fraction of sp³-hybridized carbons (Fsp3) is 0.188. The second-order valence-electron chi connectivity index (χ2n) is 9.33. The third-order valence-corrected chi connectivity index (χ3v) is 11.0. The van der Waals surface area contributed by atoms with Crippen LogP contribution in [0, 0.1) is 5.92 Å². The van der Waals surface area contributed by atoms with Crippen LogP contribution in [-0.2, 0) is 20.5 Å². The number of esters is 1. The van der Waals surface area contributed by atoms with Gasteiger partial charge in [0.1, 0.15) is 10.5 Å². The molecule has 1 fully saturated rings. The van der Waals surface area contributed by atoms with Crippen LogP contribution in [0.1, 0.15) is 12.5 Å². The molecule has 1 saturated heterocycles. The smallest absolute Gasteiger partial charge is 0.314 e. The van der Waals surface area contributed by atoms with Crippen molar-refractivity contribution in [1.29, 1.82) is 0 Å². The van der Waals surface area contributed by atoms with E-state index >= 15 is 4.57 Å². The predicted octanol–water partition coefficient (Wildman–Crippen LogP) is 7.62. The Bertz CT molecular complexity index is 1430. The van der Waals surface area contributed by atoms with E-state index in [1.54, 1.807) is 6.92 Å². The van der Waals surface area contributed by atoms with Crippen molar-refractivity contribution >= 4 is 41.6 Å². The van der Waals surface area contributed by atoms with Gasteiger partial charge < -0.3 is 14.1 Å². The van der Waals surface area contributed by atoms with Crippen molar-refractivity contribution in [1.82, 2.24) is 0 Å². The number of benzene rings is 4. The first-order valence-corrected chi connectivity index (χ1v) is 15.2. The van der Waals surface area contributed by atoms with E-state index in [2.05, 4.69) is 0 Å². The highest BCUT2D eigenvalue weighted by Crippen LogP contribution is 2.63. The summed E-state index contributed by atoms with van der Waals surface area (Å²) in [5.41, 5.74) is 4.64. The molecule has 4 aromatic rings. The number of thiocarbonyl (C=S) groups is 1. The van der Waals surface area contributed by atoms with Gasteiger partial charge in [0.2, 0.25) is 0 Å². The summed E-state index contributed by atoms with van der Waals surface area (Å²) in [6.45, 7) is 3.03. The minimum absolute atomic E-state index is 0.216. The summed E-state index contributed by atoms with van der Waals surface area (Å²) in [5, 5.41) is 0. The van der Waals surface area contributed by atoms with Crippen LogP contribution in [0.2, 0.25) is 0 Å². The van der Waals surface area contributed by atoms with E-state index < -0.39 is 19.3 Å². The van der Waals surface area contributed by atoms with Gasteiger partial charge in [-0.1, -0.05) is 103 Å². The van der Waals surface area contributed by atoms with Crippen LogP contribution in [0.4, 0.5) is 11.4 Å². The van der Waals surface area contributed by atoms with Crippen molar-refractivity contribution in [2.75, 3.05) is 29.0 Å². The Balaban J connectivity index is 1.60. The summed E-state index contributed by atoms with van der Waals surface area (Å²) in [6.07, 6.45) is 0.290. The Hall–Kier alpha value is -3.73. The third kappa shape index (κ3) is 5.40. The van der Waals surface area contributed by atoms with Crippen LogP contribution >= 0.6 is 19.7 Å². The SMILES string of the molecule is CCOC(=O)C(Cc1ccccc1-c1ccccc1)C(=S)P1(=O)N(c2ccccc2)CCN1c1ccccc1. The van der Waals surface area contributed by atoms with Crippen LogP contribution in [0.25, 0.3) is 11.1 Å². The minimum atomic E-state index is -3.59. The first kappa shape index (κ1) is 26.9. The van der Waals surface area contributed by atoms with E-state index in [0.717, 1.165) is 28.1 Å². The first-order valence-electron chi connectivity index (χ1n) is 13.1. The number of nitrogens with zero attached hydrogens (tertiary/aromatic N) is 2. The largest absolute Gasteiger partial charge is 0.465 e. The van der Waals surface area contributed by atoms with Gasteiger partial charge in [0.15, 0.2) is 0 Å². The highest BCUT2D eigenvalue weighted by Gasteiger charge is 2.50. The molecule has 0 N–H and O–H groups in total. The van der Waals surface area contributed by atoms with Gasteiger partial charge in [-0.25, -0.2) is 0 Å². The molecule has 0 aliphatic carbocycles. The minimum Gasteiger partial charge on any atom is -0.465 e. The fourth-order valence-electron chi connectivity index (χ4n) is 5.14. The molecular formula is C32H31N2O3PS. The van der Waals surface area contributed by atoms with Crippen molar-refractivity contribution in [3.05, 3.63) is 121 Å². The van der Waals surface area contributed by atoms with Gasteiger partial charge in [0, 0.05) is 24.5 Å². The zero-order valence-corrected chi connectivity index (χ0v) is 23.6. The molecule has 0 saturated carbocycles. The molecule has 0 spiro atoms. The molecule has 5 nitrogen and oxygen atoms in total. The van der Waals surface area contributed by atoms with Crippen LogP contribution in [0.3, 0.4) is 0 Å². The Morgan fingerprint density at radius 1 is 0.795 bits per heavy atom. The average molecular weight is 555 g/mol. The molecule has 1 aliphatic rings. The summed E-state index contributed by atoms with van der Waals surface area (Å²) in [5.74, 6) is -1.32. The molecular weight excluding hydrogens is 523 g/mol. The second kappa shape index (κ2) is 12.0. The van der Waals surface area contributed by atoms with Crippen molar-refractivity contribution < 1.29 is 14.1 Å². The predicted molar refractivity (Wildman–Crippen MR) is 163 cm³/mol. The molecule has 198 valence electrons. The van der Waals surface area contributed by atoms with Gasteiger partial charge in [-0.05, 0) is 54.3 Å². The van der Waals surface area contributed by atoms with E-state index in [-0.39, 0.29) is 17.6 Å². The Labute approximate surface area is 235 Å². The number of ether oxygens (including phenoxy) is 1. The lowest BCUT2D eigenvalue weighted by Gasteiger charge is -2.35. The third-order valence-electron chi connectivity index (χ3n) is 6.97. The number of carbonyl (C=O) groups is 1. The Morgan fingerprint density at radius 2 is 1.28 bits per heavy atom. The normalized spacial score (nSPS) is 15.1. The molecule has 0 aromatic heterocycles. The molecule has 39 heavy (non-hydrogen) atoms. The monoisotopic (exact) mass is 554 g/mol. The average Bonchev–Trinajstić information content (AvgIpc) is 3.35. The van der Waals surface area contributed by atoms with Crippen molar-refractivity contribution in [2.45, 2.75) is 13.3 Å². The summed E-state index contributed by atoms with van der Waals surface area (Å²) < 4.78 is 24.9. The number of hydrogen-bond donors (Lipinski definition) is 0. The maximum Gasteiger partial charge on any atom is 0.314 e. The lowest BCUT2D eigenvalue weighted by atomic mass is 9.93. The zero-order valence-electron chi connectivity index (χ0n) is 21.9. The van der Waals surface area contributed by atoms with Crippen molar-refractivity contribution in [2.24, 2.45) is 5.92 Å². The van der Waals surface area contributed by atoms with Gasteiger partial charge in [-0.2, -0.15) is 0 Å². The molecule has 0 bridgehead atoms. The molecule has 7 heteroatoms. The fourth-order valence-corrected chi connectivity index (χ4v) is 8.86. The van der Waals surface area contributed by atoms with Gasteiger partial charge in [0.25, 0.3) is 7.44 Å². The lowest BCUT2D eigenvalue weighted by molar-refractivity contribution is -0.145. The number of carbonyl (C=O) groups excluding carboxylic acids is 1. The highest BCUT2D eigenvalue weighted by molar-refractivity contribution is 8.02. The van der Waals surface area contributed by atoms with Gasteiger partial charge in [-0.3, -0.25) is 9.36 Å². The quantitative estimate of drug-likeness (QED) is 0.121. The van der Waals surface area contributed by atoms with Crippen LogP contribution in [-0.4, -0.2) is 30.3 Å². The highest BCUT2D eigenvalue weighted by atomic mass is 32.1. The first-order chi connectivity index (χ1) is 19.0. The van der Waals surface area contributed by atoms with Gasteiger partial charge in [0.05, 0.1) is 6.61 Å². The number of para-hydroxylation sites is 2. The molecule has 1 aliphatic heterocycles. The summed E-state index contributed by atoms with van der Waals surface area (Å²) >= 11 is 6.11. The van der Waals surface area contributed by atoms with E-state index in [1.165, 1.54) is 0 Å². The van der Waals surface area contributed by atoms with E-state index in [0.29, 0.717) is 13.1 Å². The van der Waals surface area contributed by atoms with Crippen LogP contribution < -0.4 is 9.34 Å². The molecule has 0 radical (unpaired) electrons. The molecule has 0 amide bonds. The van der Waals surface area contributed by atoms with Crippen LogP contribution in [0.15, 0.2) is 115 Å². The summed E-state index contributed by atoms with van der Waals surface area (Å²) in [4.78, 5) is 13.6. The molecule has 4 aromatic carbocycles. The standard InChI is InChI=1S/C32H31N2O3PS/c1-2-37-31(35)30(24-26-16-12-13-21-29(26)25-14-6-3-7-15-25)32(39)38(36)33(27-17-8-4-9-18-27)22-23-34(38)28-19-10-5-11-20-28/h3-21,30H,2,22-24H2,1H3. The summed E-state index contributed by atoms with van der Waals surface area (Å²) in [7, 11) is -3.59. The maximum absolute atomic E-state index is 15.4. The van der Waals surface area contributed by atoms with Gasteiger partial charge in [-0.15, -0.1) is 0 Å². The molecule has 1 atom stereocenters. The second-order valence-corrected chi connectivity index (χ2v) is 12.6. The molecule has 5 rings (SSSR count). The van der Waals surface area contributed by atoms with E-state index in [9.17, 15) is 4.79 Å². The van der Waals surface area contributed by atoms with Crippen LogP contribution in [0.5, 0.6) is 0 Å². The maximum atomic E-state index is 15.4. The van der Waals surface area contributed by atoms with Crippen molar-refractivity contribution in [3.8, 4) is 11.1 Å². The summed E-state index contributed by atoms with van der Waals surface area (Å²) in [6, 6.07) is 37.3. The van der Waals surface area contributed by atoms with Crippen molar-refractivity contribution in [3.63, 3.8) is 0 Å². The molecule has 1 unspecified atom stereocenters. The van der Waals surface area contributed by atoms with E-state index in [1.807, 2.05) is 125 Å². The number of rotatable bonds is 9. The number of anilines is 2. The Morgan fingerprint density at radius 3 is 1.82 bits per heavy atom. The zero-order chi connectivity index (χ0) is 27.2. The number of hydrogen-bond acceptors (Lipinski definition) is 4.